The highest BCUT2D eigenvalue weighted by molar-refractivity contribution is 14.1. The van der Waals surface area contributed by atoms with Gasteiger partial charge in [0.2, 0.25) is 0 Å². The van der Waals surface area contributed by atoms with Gasteiger partial charge < -0.3 is 15.2 Å². The van der Waals surface area contributed by atoms with E-state index in [0.29, 0.717) is 12.4 Å². The van der Waals surface area contributed by atoms with E-state index >= 15 is 0 Å². The number of ether oxygens (including phenoxy) is 1. The first kappa shape index (κ1) is 23.5. The summed E-state index contributed by atoms with van der Waals surface area (Å²) < 4.78 is 7.66. The average molecular weight is 642 g/mol. The highest BCUT2D eigenvalue weighted by Gasteiger charge is 2.19. The van der Waals surface area contributed by atoms with Crippen molar-refractivity contribution < 1.29 is 19.4 Å². The van der Waals surface area contributed by atoms with Gasteiger partial charge in [-0.05, 0) is 99.5 Å². The van der Waals surface area contributed by atoms with Gasteiger partial charge in [-0.25, -0.2) is 4.79 Å². The van der Waals surface area contributed by atoms with E-state index in [-0.39, 0.29) is 23.1 Å². The monoisotopic (exact) mass is 642 g/mol. The molecule has 1 fully saturated rings. The minimum absolute atomic E-state index is 0.0886. The lowest BCUT2D eigenvalue weighted by molar-refractivity contribution is -0.117. The number of carbonyl (C=O) groups excluding carboxylic acids is 1. The molecule has 1 aliphatic carbocycles. The van der Waals surface area contributed by atoms with Crippen LogP contribution >= 0.6 is 45.2 Å². The number of nitriles is 1. The maximum Gasteiger partial charge on any atom is 0.335 e. The van der Waals surface area contributed by atoms with Gasteiger partial charge in [0.25, 0.3) is 5.91 Å². The second kappa shape index (κ2) is 10.9. The Hall–Kier alpha value is -2.13. The number of carboxylic acid groups (broad SMARTS) is 1. The van der Waals surface area contributed by atoms with Crippen LogP contribution in [0.5, 0.6) is 5.75 Å². The third kappa shape index (κ3) is 6.43. The van der Waals surface area contributed by atoms with E-state index in [1.807, 2.05) is 18.2 Å². The molecule has 0 aromatic heterocycles. The average Bonchev–Trinajstić information content (AvgIpc) is 3.24. The van der Waals surface area contributed by atoms with Crippen molar-refractivity contribution in [3.63, 3.8) is 0 Å². The highest BCUT2D eigenvalue weighted by Crippen LogP contribution is 2.30. The molecule has 1 saturated carbocycles. The van der Waals surface area contributed by atoms with Gasteiger partial charge >= 0.3 is 5.97 Å². The molecule has 0 saturated heterocycles. The molecule has 0 unspecified atom stereocenters. The highest BCUT2D eigenvalue weighted by atomic mass is 127. The normalized spacial score (nSPS) is 14.2. The largest absolute Gasteiger partial charge is 0.487 e. The van der Waals surface area contributed by atoms with Crippen molar-refractivity contribution in [1.29, 1.82) is 5.26 Å². The lowest BCUT2D eigenvalue weighted by Gasteiger charge is -2.13. The van der Waals surface area contributed by atoms with E-state index in [2.05, 4.69) is 50.5 Å². The van der Waals surface area contributed by atoms with Crippen molar-refractivity contribution in [2.24, 2.45) is 0 Å². The van der Waals surface area contributed by atoms with Gasteiger partial charge in [-0.1, -0.05) is 25.0 Å². The second-order valence-corrected chi connectivity index (χ2v) is 9.55. The van der Waals surface area contributed by atoms with Crippen LogP contribution in [0.15, 0.2) is 42.0 Å². The number of aromatic carboxylic acids is 1. The maximum absolute atomic E-state index is 12.4. The third-order valence-corrected chi connectivity index (χ3v) is 6.57. The number of carbonyl (C=O) groups is 2. The predicted molar refractivity (Wildman–Crippen MR) is 134 cm³/mol. The van der Waals surface area contributed by atoms with E-state index in [4.69, 9.17) is 9.84 Å². The molecule has 1 aliphatic rings. The summed E-state index contributed by atoms with van der Waals surface area (Å²) in [5.41, 5.74) is 1.93. The predicted octanol–water partition coefficient (Wildman–Crippen LogP) is 5.14. The number of halogens is 2. The summed E-state index contributed by atoms with van der Waals surface area (Å²) in [6.45, 7) is 0.300. The lowest BCUT2D eigenvalue weighted by atomic mass is 10.1. The number of nitrogens with one attached hydrogen (secondary N) is 1. The van der Waals surface area contributed by atoms with E-state index in [1.165, 1.54) is 0 Å². The molecule has 0 radical (unpaired) electrons. The summed E-state index contributed by atoms with van der Waals surface area (Å²) in [5.74, 6) is -0.590. The van der Waals surface area contributed by atoms with Crippen LogP contribution in [0, 0.1) is 18.5 Å². The van der Waals surface area contributed by atoms with Gasteiger partial charge in [-0.3, -0.25) is 4.79 Å². The second-order valence-electron chi connectivity index (χ2n) is 7.23. The Balaban J connectivity index is 1.71. The minimum atomic E-state index is -0.964. The van der Waals surface area contributed by atoms with Crippen LogP contribution in [0.4, 0.5) is 0 Å². The van der Waals surface area contributed by atoms with Crippen LogP contribution in [-0.4, -0.2) is 23.0 Å². The molecule has 3 rings (SSSR count). The summed E-state index contributed by atoms with van der Waals surface area (Å²) in [7, 11) is 0. The molecule has 31 heavy (non-hydrogen) atoms. The summed E-state index contributed by atoms with van der Waals surface area (Å²) in [5, 5.41) is 21.4. The van der Waals surface area contributed by atoms with E-state index < -0.39 is 5.97 Å². The Morgan fingerprint density at radius 2 is 1.77 bits per heavy atom. The molecule has 2 N–H and O–H groups in total. The number of amides is 1. The van der Waals surface area contributed by atoms with Crippen molar-refractivity contribution in [3.8, 4) is 11.8 Å². The minimum Gasteiger partial charge on any atom is -0.487 e. The lowest BCUT2D eigenvalue weighted by Crippen LogP contribution is -2.33. The molecule has 0 heterocycles. The Bertz CT molecular complexity index is 1030. The zero-order chi connectivity index (χ0) is 22.4. The fourth-order valence-electron chi connectivity index (χ4n) is 3.35. The van der Waals surface area contributed by atoms with Gasteiger partial charge in [0.05, 0.1) is 12.7 Å². The number of hydrogen-bond donors (Lipinski definition) is 2. The number of carboxylic acids is 1. The molecule has 1 amide bonds. The van der Waals surface area contributed by atoms with Gasteiger partial charge in [0.15, 0.2) is 0 Å². The van der Waals surface area contributed by atoms with Crippen LogP contribution in [0.2, 0.25) is 0 Å². The van der Waals surface area contributed by atoms with E-state index in [9.17, 15) is 14.9 Å². The molecule has 0 atom stereocenters. The summed E-state index contributed by atoms with van der Waals surface area (Å²) in [6, 6.07) is 12.4. The smallest absolute Gasteiger partial charge is 0.335 e. The molecule has 8 heteroatoms. The quantitative estimate of drug-likeness (QED) is 0.248. The van der Waals surface area contributed by atoms with Crippen LogP contribution in [0.3, 0.4) is 0 Å². The summed E-state index contributed by atoms with van der Waals surface area (Å²) >= 11 is 4.33. The van der Waals surface area contributed by atoms with Crippen LogP contribution in [0.1, 0.15) is 47.2 Å². The van der Waals surface area contributed by atoms with Crippen molar-refractivity contribution in [2.75, 3.05) is 0 Å². The Morgan fingerprint density at radius 3 is 2.32 bits per heavy atom. The number of rotatable bonds is 7. The standard InChI is InChI=1S/C23H20I2N2O4/c24-19-10-15(9-17(12-26)22(28)27-18-3-1-2-4-18)11-20(25)21(19)31-13-14-5-7-16(8-6-14)23(29)30/h5-11,18H,1-4,13H2,(H,27,28)(H,29,30)/b17-9-. The third-order valence-electron chi connectivity index (χ3n) is 4.97. The fourth-order valence-corrected chi connectivity index (χ4v) is 5.48. The maximum atomic E-state index is 12.4. The molecule has 0 aliphatic heterocycles. The Morgan fingerprint density at radius 1 is 1.16 bits per heavy atom. The fraction of sp³-hybridized carbons (Fsp3) is 0.261. The number of benzene rings is 2. The molecule has 160 valence electrons. The van der Waals surface area contributed by atoms with Crippen molar-refractivity contribution >= 4 is 63.1 Å². The molecule has 2 aromatic rings. The van der Waals surface area contributed by atoms with Gasteiger partial charge in [-0.2, -0.15) is 5.26 Å². The Labute approximate surface area is 208 Å². The molecule has 0 spiro atoms. The molecule has 2 aromatic carbocycles. The molecular formula is C23H20I2N2O4. The van der Waals surface area contributed by atoms with Crippen LogP contribution < -0.4 is 10.1 Å². The summed E-state index contributed by atoms with van der Waals surface area (Å²) in [6.07, 6.45) is 5.75. The number of hydrogen-bond acceptors (Lipinski definition) is 4. The first-order valence-corrected chi connectivity index (χ1v) is 11.9. The van der Waals surface area contributed by atoms with Gasteiger partial charge in [0, 0.05) is 6.04 Å². The molecular weight excluding hydrogens is 622 g/mol. The van der Waals surface area contributed by atoms with Crippen LogP contribution in [-0.2, 0) is 11.4 Å². The first-order valence-electron chi connectivity index (χ1n) is 9.74. The zero-order valence-electron chi connectivity index (χ0n) is 16.5. The van der Waals surface area contributed by atoms with Crippen molar-refractivity contribution in [3.05, 3.63) is 65.8 Å². The first-order chi connectivity index (χ1) is 14.9. The van der Waals surface area contributed by atoms with Crippen LogP contribution in [0.25, 0.3) is 6.08 Å². The van der Waals surface area contributed by atoms with Gasteiger partial charge in [0.1, 0.15) is 24.0 Å². The van der Waals surface area contributed by atoms with Crippen molar-refractivity contribution in [2.45, 2.75) is 38.3 Å². The zero-order valence-corrected chi connectivity index (χ0v) is 20.8. The topological polar surface area (TPSA) is 99.4 Å². The molecule has 6 nitrogen and oxygen atoms in total. The van der Waals surface area contributed by atoms with E-state index in [0.717, 1.165) is 44.0 Å². The van der Waals surface area contributed by atoms with Crippen molar-refractivity contribution in [1.82, 2.24) is 5.32 Å². The van der Waals surface area contributed by atoms with Gasteiger partial charge in [-0.15, -0.1) is 0 Å². The summed E-state index contributed by atoms with van der Waals surface area (Å²) in [4.78, 5) is 23.4. The Kier molecular flexibility index (Phi) is 8.31. The van der Waals surface area contributed by atoms with E-state index in [1.54, 1.807) is 30.3 Å². The number of nitrogens with zero attached hydrogens (tertiary/aromatic N) is 1. The SMILES string of the molecule is N#C/C(=C/c1cc(I)c(OCc2ccc(C(=O)O)cc2)c(I)c1)C(=O)NC1CCCC1. The molecule has 0 bridgehead atoms.